The van der Waals surface area contributed by atoms with Crippen LogP contribution in [0.15, 0.2) is 47.0 Å². The molecule has 0 amide bonds. The summed E-state index contributed by atoms with van der Waals surface area (Å²) in [5.41, 5.74) is 3.08. The summed E-state index contributed by atoms with van der Waals surface area (Å²) in [5, 5.41) is 15.7. The molecule has 0 saturated carbocycles. The minimum atomic E-state index is -0.549. The molecule has 4 aromatic rings. The molecule has 8 nitrogen and oxygen atoms in total. The molecule has 0 bridgehead atoms. The molecule has 3 heterocycles. The van der Waals surface area contributed by atoms with Gasteiger partial charge < -0.3 is 14.4 Å². The lowest BCUT2D eigenvalue weighted by atomic mass is 10.1. The van der Waals surface area contributed by atoms with E-state index in [4.69, 9.17) is 9.26 Å². The third-order valence-corrected chi connectivity index (χ3v) is 6.90. The lowest BCUT2D eigenvalue weighted by Gasteiger charge is -2.34. The zero-order chi connectivity index (χ0) is 23.5. The molecule has 1 saturated heterocycles. The van der Waals surface area contributed by atoms with Crippen molar-refractivity contribution in [2.45, 2.75) is 26.5 Å². The summed E-state index contributed by atoms with van der Waals surface area (Å²) in [6.45, 7) is 9.05. The van der Waals surface area contributed by atoms with Gasteiger partial charge in [-0.15, -0.1) is 11.3 Å². The highest BCUT2D eigenvalue weighted by molar-refractivity contribution is 7.18. The maximum atomic E-state index is 10.5. The summed E-state index contributed by atoms with van der Waals surface area (Å²) in [7, 11) is 0. The van der Waals surface area contributed by atoms with Gasteiger partial charge in [0, 0.05) is 44.4 Å². The van der Waals surface area contributed by atoms with Gasteiger partial charge in [0.15, 0.2) is 0 Å². The second-order valence-electron chi connectivity index (χ2n) is 8.79. The summed E-state index contributed by atoms with van der Waals surface area (Å²) >= 11 is 1.67. The van der Waals surface area contributed by atoms with Gasteiger partial charge in [0.1, 0.15) is 18.5 Å². The molecule has 1 unspecified atom stereocenters. The number of hydrogen-bond donors (Lipinski definition) is 1. The van der Waals surface area contributed by atoms with Crippen molar-refractivity contribution in [1.29, 1.82) is 0 Å². The number of hydrogen-bond acceptors (Lipinski definition) is 9. The summed E-state index contributed by atoms with van der Waals surface area (Å²) in [5.74, 6) is 2.00. The fourth-order valence-electron chi connectivity index (χ4n) is 4.20. The second-order valence-corrected chi connectivity index (χ2v) is 10.0. The average molecular weight is 480 g/mol. The van der Waals surface area contributed by atoms with Crippen LogP contribution in [-0.2, 0) is 6.54 Å². The summed E-state index contributed by atoms with van der Waals surface area (Å²) in [4.78, 5) is 13.6. The van der Waals surface area contributed by atoms with Gasteiger partial charge in [-0.1, -0.05) is 28.9 Å². The first kappa shape index (κ1) is 22.9. The van der Waals surface area contributed by atoms with Crippen LogP contribution in [0.2, 0.25) is 0 Å². The number of fused-ring (bicyclic) bond motifs is 1. The molecule has 0 radical (unpaired) electrons. The normalized spacial score (nSPS) is 16.2. The predicted molar refractivity (Wildman–Crippen MR) is 132 cm³/mol. The molecule has 2 aromatic heterocycles. The third-order valence-electron chi connectivity index (χ3n) is 5.95. The van der Waals surface area contributed by atoms with E-state index in [2.05, 4.69) is 44.0 Å². The smallest absolute Gasteiger partial charge is 0.241 e. The molecule has 0 spiro atoms. The molecule has 1 N–H and O–H groups in total. The van der Waals surface area contributed by atoms with E-state index in [1.54, 1.807) is 11.3 Å². The molecular formula is C25H29N5O3S. The lowest BCUT2D eigenvalue weighted by molar-refractivity contribution is 0.0426. The van der Waals surface area contributed by atoms with Crippen molar-refractivity contribution in [3.05, 3.63) is 58.9 Å². The Kier molecular flexibility index (Phi) is 6.87. The number of piperazine rings is 1. The van der Waals surface area contributed by atoms with E-state index in [0.29, 0.717) is 24.8 Å². The molecule has 1 atom stereocenters. The Labute approximate surface area is 202 Å². The Morgan fingerprint density at radius 2 is 1.88 bits per heavy atom. The maximum Gasteiger partial charge on any atom is 0.241 e. The number of ether oxygens (including phenoxy) is 1. The monoisotopic (exact) mass is 479 g/mol. The average Bonchev–Trinajstić information content (AvgIpc) is 3.44. The van der Waals surface area contributed by atoms with Crippen molar-refractivity contribution in [2.24, 2.45) is 0 Å². The van der Waals surface area contributed by atoms with Crippen LogP contribution >= 0.6 is 11.3 Å². The Balaban J connectivity index is 1.06. The SMILES string of the molecule is Cc1cccc(-c2noc(CN3CCN(CC(O)COc4ccc5sc(C)nc5c4)CC3)n2)c1. The molecule has 1 fully saturated rings. The second kappa shape index (κ2) is 10.2. The van der Waals surface area contributed by atoms with Crippen LogP contribution in [0.25, 0.3) is 21.6 Å². The number of nitrogens with zero attached hydrogens (tertiary/aromatic N) is 5. The van der Waals surface area contributed by atoms with Crippen LogP contribution in [0.5, 0.6) is 5.75 Å². The first-order chi connectivity index (χ1) is 16.5. The summed E-state index contributed by atoms with van der Waals surface area (Å²) in [6.07, 6.45) is -0.549. The molecule has 34 heavy (non-hydrogen) atoms. The number of aromatic nitrogens is 3. The Bertz CT molecular complexity index is 1250. The van der Waals surface area contributed by atoms with Crippen LogP contribution in [0, 0.1) is 13.8 Å². The molecule has 2 aromatic carbocycles. The number of thiazole rings is 1. The van der Waals surface area contributed by atoms with E-state index < -0.39 is 6.10 Å². The topological polar surface area (TPSA) is 87.8 Å². The number of benzene rings is 2. The van der Waals surface area contributed by atoms with E-state index in [9.17, 15) is 5.11 Å². The molecule has 9 heteroatoms. The predicted octanol–water partition coefficient (Wildman–Crippen LogP) is 3.52. The lowest BCUT2D eigenvalue weighted by Crippen LogP contribution is -2.48. The van der Waals surface area contributed by atoms with Crippen molar-refractivity contribution < 1.29 is 14.4 Å². The van der Waals surface area contributed by atoms with Crippen molar-refractivity contribution >= 4 is 21.6 Å². The molecule has 0 aliphatic carbocycles. The van der Waals surface area contributed by atoms with Gasteiger partial charge in [0.25, 0.3) is 0 Å². The standard InChI is InChI=1S/C25H29N5O3S/c1-17-4-3-5-19(12-17)25-27-24(33-28-25)15-30-10-8-29(9-11-30)14-20(31)16-32-21-6-7-23-22(13-21)26-18(2)34-23/h3-7,12-13,20,31H,8-11,14-16H2,1-2H3. The van der Waals surface area contributed by atoms with Crippen molar-refractivity contribution in [1.82, 2.24) is 24.9 Å². The fraction of sp³-hybridized carbons (Fsp3) is 0.400. The number of β-amino-alcohol motifs (C(OH)–C–C–N with tert-alkyl or cyclic N) is 1. The van der Waals surface area contributed by atoms with E-state index in [-0.39, 0.29) is 6.61 Å². The van der Waals surface area contributed by atoms with Crippen molar-refractivity contribution in [2.75, 3.05) is 39.3 Å². The van der Waals surface area contributed by atoms with E-state index in [1.807, 2.05) is 37.3 Å². The molecular weight excluding hydrogens is 450 g/mol. The molecule has 178 valence electrons. The highest BCUT2D eigenvalue weighted by Crippen LogP contribution is 2.25. The van der Waals surface area contributed by atoms with Gasteiger partial charge in [0.05, 0.1) is 21.8 Å². The first-order valence-electron chi connectivity index (χ1n) is 11.5. The van der Waals surface area contributed by atoms with E-state index in [1.165, 1.54) is 5.56 Å². The third kappa shape index (κ3) is 5.61. The largest absolute Gasteiger partial charge is 0.491 e. The van der Waals surface area contributed by atoms with Crippen LogP contribution in [-0.4, -0.2) is 75.5 Å². The van der Waals surface area contributed by atoms with Gasteiger partial charge in [0.2, 0.25) is 11.7 Å². The summed E-state index contributed by atoms with van der Waals surface area (Å²) in [6, 6.07) is 14.0. The Morgan fingerprint density at radius 3 is 2.71 bits per heavy atom. The number of aliphatic hydroxyl groups is 1. The quantitative estimate of drug-likeness (QED) is 0.411. The molecule has 1 aliphatic heterocycles. The molecule has 1 aliphatic rings. The molecule has 5 rings (SSSR count). The Hall–Kier alpha value is -2.85. The number of rotatable bonds is 8. The van der Waals surface area contributed by atoms with Crippen molar-refractivity contribution in [3.8, 4) is 17.1 Å². The van der Waals surface area contributed by atoms with Gasteiger partial charge in [-0.2, -0.15) is 4.98 Å². The van der Waals surface area contributed by atoms with Crippen LogP contribution < -0.4 is 4.74 Å². The minimum absolute atomic E-state index is 0.262. The van der Waals surface area contributed by atoms with Gasteiger partial charge in [-0.25, -0.2) is 4.98 Å². The van der Waals surface area contributed by atoms with Crippen LogP contribution in [0.3, 0.4) is 0 Å². The first-order valence-corrected chi connectivity index (χ1v) is 12.4. The Morgan fingerprint density at radius 1 is 1.06 bits per heavy atom. The van der Waals surface area contributed by atoms with Crippen LogP contribution in [0.4, 0.5) is 0 Å². The fourth-order valence-corrected chi connectivity index (χ4v) is 5.00. The van der Waals surface area contributed by atoms with Gasteiger partial charge in [-0.3, -0.25) is 9.80 Å². The highest BCUT2D eigenvalue weighted by Gasteiger charge is 2.21. The van der Waals surface area contributed by atoms with Gasteiger partial charge >= 0.3 is 0 Å². The van der Waals surface area contributed by atoms with E-state index >= 15 is 0 Å². The van der Waals surface area contributed by atoms with Crippen molar-refractivity contribution in [3.63, 3.8) is 0 Å². The summed E-state index contributed by atoms with van der Waals surface area (Å²) < 4.78 is 12.4. The zero-order valence-corrected chi connectivity index (χ0v) is 20.3. The van der Waals surface area contributed by atoms with Crippen LogP contribution in [0.1, 0.15) is 16.5 Å². The number of aliphatic hydroxyl groups excluding tert-OH is 1. The minimum Gasteiger partial charge on any atom is -0.491 e. The van der Waals surface area contributed by atoms with E-state index in [0.717, 1.165) is 52.7 Å². The maximum absolute atomic E-state index is 10.5. The highest BCUT2D eigenvalue weighted by atomic mass is 32.1. The van der Waals surface area contributed by atoms with Gasteiger partial charge in [-0.05, 0) is 32.0 Å². The number of aryl methyl sites for hydroxylation is 2. The zero-order valence-electron chi connectivity index (χ0n) is 19.5.